The maximum atomic E-state index is 12.8. The fraction of sp³-hybridized carbons (Fsp3) is 0.389. The van der Waals surface area contributed by atoms with E-state index in [0.717, 1.165) is 0 Å². The molecule has 1 atom stereocenters. The SMILES string of the molecule is COc1ccc(S(=O)(=O)N[C@H](C(=O)NCc2ccco2)C(C)C)c(C)c1. The van der Waals surface area contributed by atoms with Gasteiger partial charge in [-0.25, -0.2) is 8.42 Å². The van der Waals surface area contributed by atoms with E-state index in [9.17, 15) is 13.2 Å². The van der Waals surface area contributed by atoms with Crippen LogP contribution < -0.4 is 14.8 Å². The number of carbonyl (C=O) groups excluding carboxylic acids is 1. The predicted molar refractivity (Wildman–Crippen MR) is 97.2 cm³/mol. The molecule has 0 fully saturated rings. The molecule has 26 heavy (non-hydrogen) atoms. The van der Waals surface area contributed by atoms with E-state index in [4.69, 9.17) is 9.15 Å². The van der Waals surface area contributed by atoms with Gasteiger partial charge in [-0.05, 0) is 48.7 Å². The number of sulfonamides is 1. The van der Waals surface area contributed by atoms with Gasteiger partial charge in [0, 0.05) is 0 Å². The van der Waals surface area contributed by atoms with Crippen LogP contribution in [0.4, 0.5) is 0 Å². The summed E-state index contributed by atoms with van der Waals surface area (Å²) in [5.74, 6) is 0.513. The van der Waals surface area contributed by atoms with E-state index in [1.807, 2.05) is 0 Å². The Bertz CT molecular complexity index is 844. The molecule has 1 aromatic carbocycles. The lowest BCUT2D eigenvalue weighted by molar-refractivity contribution is -0.123. The number of hydrogen-bond acceptors (Lipinski definition) is 5. The first kappa shape index (κ1) is 20.0. The summed E-state index contributed by atoms with van der Waals surface area (Å²) in [7, 11) is -2.35. The normalized spacial score (nSPS) is 12.8. The van der Waals surface area contributed by atoms with E-state index < -0.39 is 22.0 Å². The van der Waals surface area contributed by atoms with Gasteiger partial charge in [-0.15, -0.1) is 0 Å². The molecule has 1 heterocycles. The van der Waals surface area contributed by atoms with Crippen molar-refractivity contribution in [1.82, 2.24) is 10.0 Å². The highest BCUT2D eigenvalue weighted by Gasteiger charge is 2.29. The van der Waals surface area contributed by atoms with Crippen molar-refractivity contribution in [3.8, 4) is 5.75 Å². The minimum atomic E-state index is -3.87. The lowest BCUT2D eigenvalue weighted by Crippen LogP contribution is -2.49. The highest BCUT2D eigenvalue weighted by atomic mass is 32.2. The third-order valence-corrected chi connectivity index (χ3v) is 5.52. The standard InChI is InChI=1S/C18H24N2O5S/c1-12(2)17(18(21)19-11-15-6-5-9-25-15)20-26(22,23)16-8-7-14(24-4)10-13(16)3/h5-10,12,17,20H,11H2,1-4H3,(H,19,21)/t17-/m0/s1. The van der Waals surface area contributed by atoms with Crippen LogP contribution in [0, 0.1) is 12.8 Å². The number of ether oxygens (including phenoxy) is 1. The molecule has 8 heteroatoms. The van der Waals surface area contributed by atoms with E-state index in [-0.39, 0.29) is 17.4 Å². The van der Waals surface area contributed by atoms with Crippen LogP contribution in [0.5, 0.6) is 5.75 Å². The molecular formula is C18H24N2O5S. The van der Waals surface area contributed by atoms with Crippen LogP contribution in [0.25, 0.3) is 0 Å². The molecular weight excluding hydrogens is 356 g/mol. The van der Waals surface area contributed by atoms with Crippen molar-refractivity contribution in [3.63, 3.8) is 0 Å². The Kier molecular flexibility index (Phi) is 6.44. The monoisotopic (exact) mass is 380 g/mol. The summed E-state index contributed by atoms with van der Waals surface area (Å²) in [6.45, 7) is 5.43. The number of amides is 1. The van der Waals surface area contributed by atoms with Crippen LogP contribution in [-0.2, 0) is 21.4 Å². The Morgan fingerprint density at radius 2 is 2.00 bits per heavy atom. The van der Waals surface area contributed by atoms with Gasteiger partial charge in [0.2, 0.25) is 15.9 Å². The third kappa shape index (κ3) is 4.86. The lowest BCUT2D eigenvalue weighted by Gasteiger charge is -2.22. The zero-order valence-electron chi connectivity index (χ0n) is 15.3. The zero-order valence-corrected chi connectivity index (χ0v) is 16.1. The second kappa shape index (κ2) is 8.37. The molecule has 2 aromatic rings. The molecule has 2 N–H and O–H groups in total. The second-order valence-electron chi connectivity index (χ2n) is 6.27. The van der Waals surface area contributed by atoms with E-state index in [1.165, 1.54) is 19.4 Å². The van der Waals surface area contributed by atoms with Crippen molar-refractivity contribution >= 4 is 15.9 Å². The van der Waals surface area contributed by atoms with Gasteiger partial charge in [0.1, 0.15) is 17.6 Å². The topological polar surface area (TPSA) is 97.6 Å². The van der Waals surface area contributed by atoms with Crippen molar-refractivity contribution in [2.45, 2.75) is 38.3 Å². The number of nitrogens with one attached hydrogen (secondary N) is 2. The molecule has 0 aliphatic heterocycles. The predicted octanol–water partition coefficient (Wildman–Crippen LogP) is 2.22. The first-order valence-corrected chi connectivity index (χ1v) is 9.70. The van der Waals surface area contributed by atoms with Gasteiger partial charge < -0.3 is 14.5 Å². The molecule has 7 nitrogen and oxygen atoms in total. The first-order chi connectivity index (χ1) is 12.2. The fourth-order valence-corrected chi connectivity index (χ4v) is 4.04. The number of hydrogen-bond donors (Lipinski definition) is 2. The lowest BCUT2D eigenvalue weighted by atomic mass is 10.1. The molecule has 142 valence electrons. The number of rotatable bonds is 8. The molecule has 0 aliphatic carbocycles. The second-order valence-corrected chi connectivity index (χ2v) is 7.95. The Morgan fingerprint density at radius 1 is 1.27 bits per heavy atom. The van der Waals surface area contributed by atoms with Crippen molar-refractivity contribution in [2.24, 2.45) is 5.92 Å². The molecule has 0 aliphatic rings. The molecule has 0 spiro atoms. The van der Waals surface area contributed by atoms with Crippen LogP contribution in [0.1, 0.15) is 25.2 Å². The Labute approximate surface area is 153 Å². The minimum Gasteiger partial charge on any atom is -0.497 e. The van der Waals surface area contributed by atoms with Crippen LogP contribution in [0.15, 0.2) is 45.9 Å². The molecule has 1 amide bonds. The molecule has 0 saturated carbocycles. The smallest absolute Gasteiger partial charge is 0.241 e. The number of methoxy groups -OCH3 is 1. The van der Waals surface area contributed by atoms with Crippen LogP contribution in [0.2, 0.25) is 0 Å². The van der Waals surface area contributed by atoms with E-state index in [1.54, 1.807) is 45.0 Å². The van der Waals surface area contributed by atoms with E-state index >= 15 is 0 Å². The molecule has 0 unspecified atom stereocenters. The van der Waals surface area contributed by atoms with Gasteiger partial charge in [-0.3, -0.25) is 4.79 Å². The Hall–Kier alpha value is -2.32. The summed E-state index contributed by atoms with van der Waals surface area (Å²) in [6, 6.07) is 7.22. The molecule has 0 bridgehead atoms. The van der Waals surface area contributed by atoms with Crippen molar-refractivity contribution < 1.29 is 22.4 Å². The van der Waals surface area contributed by atoms with Crippen molar-refractivity contribution in [3.05, 3.63) is 47.9 Å². The molecule has 0 saturated heterocycles. The minimum absolute atomic E-state index is 0.114. The highest BCUT2D eigenvalue weighted by Crippen LogP contribution is 2.21. The number of aryl methyl sites for hydroxylation is 1. The van der Waals surface area contributed by atoms with Crippen LogP contribution in [-0.4, -0.2) is 27.5 Å². The Balaban J connectivity index is 2.16. The van der Waals surface area contributed by atoms with Gasteiger partial charge in [0.25, 0.3) is 0 Å². The summed E-state index contributed by atoms with van der Waals surface area (Å²) in [5, 5.41) is 2.69. The quantitative estimate of drug-likeness (QED) is 0.732. The molecule has 0 radical (unpaired) electrons. The zero-order chi connectivity index (χ0) is 19.3. The largest absolute Gasteiger partial charge is 0.497 e. The van der Waals surface area contributed by atoms with Gasteiger partial charge in [0.15, 0.2) is 0 Å². The molecule has 2 rings (SSSR count). The summed E-state index contributed by atoms with van der Waals surface area (Å²) in [6.07, 6.45) is 1.51. The van der Waals surface area contributed by atoms with Crippen molar-refractivity contribution in [1.29, 1.82) is 0 Å². The van der Waals surface area contributed by atoms with Crippen LogP contribution in [0.3, 0.4) is 0 Å². The van der Waals surface area contributed by atoms with Gasteiger partial charge in [-0.1, -0.05) is 13.8 Å². The fourth-order valence-electron chi connectivity index (χ4n) is 2.47. The highest BCUT2D eigenvalue weighted by molar-refractivity contribution is 7.89. The van der Waals surface area contributed by atoms with Gasteiger partial charge >= 0.3 is 0 Å². The summed E-state index contributed by atoms with van der Waals surface area (Å²) in [5.41, 5.74) is 0.537. The number of furan rings is 1. The third-order valence-electron chi connectivity index (χ3n) is 3.92. The number of benzene rings is 1. The van der Waals surface area contributed by atoms with E-state index in [0.29, 0.717) is 17.1 Å². The van der Waals surface area contributed by atoms with Gasteiger partial charge in [-0.2, -0.15) is 4.72 Å². The van der Waals surface area contributed by atoms with Crippen molar-refractivity contribution in [2.75, 3.05) is 7.11 Å². The first-order valence-electron chi connectivity index (χ1n) is 8.21. The maximum Gasteiger partial charge on any atom is 0.241 e. The van der Waals surface area contributed by atoms with Crippen LogP contribution >= 0.6 is 0 Å². The number of carbonyl (C=O) groups is 1. The summed E-state index contributed by atoms with van der Waals surface area (Å²) >= 11 is 0. The average Bonchev–Trinajstić information content (AvgIpc) is 3.10. The Morgan fingerprint density at radius 3 is 2.54 bits per heavy atom. The summed E-state index contributed by atoms with van der Waals surface area (Å²) < 4.78 is 38.3. The van der Waals surface area contributed by atoms with E-state index in [2.05, 4.69) is 10.0 Å². The maximum absolute atomic E-state index is 12.8. The average molecular weight is 380 g/mol. The summed E-state index contributed by atoms with van der Waals surface area (Å²) in [4.78, 5) is 12.6. The molecule has 1 aromatic heterocycles. The van der Waals surface area contributed by atoms with Gasteiger partial charge in [0.05, 0.1) is 24.8 Å².